The molecular formula is C12H23CaO13+. The van der Waals surface area contributed by atoms with E-state index in [0.29, 0.717) is 0 Å². The number of carbonyl (C=O) groups is 1. The molecule has 1 aliphatic rings. The number of hydrogen-bond acceptors (Lipinski definition) is 12. The van der Waals surface area contributed by atoms with Gasteiger partial charge in [-0.15, -0.1) is 0 Å². The number of hydrogen-bond donors (Lipinski definition) is 8. The van der Waals surface area contributed by atoms with Crippen LogP contribution in [0.2, 0.25) is 0 Å². The summed E-state index contributed by atoms with van der Waals surface area (Å²) in [5.74, 6) is -2.09. The van der Waals surface area contributed by atoms with E-state index in [1.807, 2.05) is 0 Å². The van der Waals surface area contributed by atoms with Crippen molar-refractivity contribution in [3.63, 3.8) is 0 Å². The van der Waals surface area contributed by atoms with Gasteiger partial charge in [0.05, 0.1) is 19.2 Å². The van der Waals surface area contributed by atoms with Crippen molar-refractivity contribution in [1.29, 1.82) is 0 Å². The van der Waals surface area contributed by atoms with Crippen LogP contribution in [0.5, 0.6) is 0 Å². The van der Waals surface area contributed by atoms with Gasteiger partial charge in [-0.05, 0) is 0 Å². The molecule has 0 amide bonds. The molecule has 1 heterocycles. The third-order valence-electron chi connectivity index (χ3n) is 3.61. The molecule has 9 atom stereocenters. The summed E-state index contributed by atoms with van der Waals surface area (Å²) in [6, 6.07) is 0. The topological polar surface area (TPSA) is 252 Å². The van der Waals surface area contributed by atoms with Crippen molar-refractivity contribution in [2.24, 2.45) is 0 Å². The van der Waals surface area contributed by atoms with E-state index in [4.69, 9.17) is 19.7 Å². The van der Waals surface area contributed by atoms with E-state index < -0.39 is 74.3 Å². The summed E-state index contributed by atoms with van der Waals surface area (Å²) < 4.78 is 9.94. The van der Waals surface area contributed by atoms with Crippen molar-refractivity contribution in [2.75, 3.05) is 13.2 Å². The van der Waals surface area contributed by atoms with Crippen LogP contribution in [0.3, 0.4) is 0 Å². The summed E-state index contributed by atoms with van der Waals surface area (Å²) in [7, 11) is 0. The maximum absolute atomic E-state index is 10.6. The SMILES string of the molecule is O.O=C([O-])C(O)C(O)C(OC1OC(CO)C(O)C(O)C1O)C(O)CO.[Ca+2]. The van der Waals surface area contributed by atoms with Crippen LogP contribution in [0.4, 0.5) is 0 Å². The second-order valence-corrected chi connectivity index (χ2v) is 5.30. The van der Waals surface area contributed by atoms with Gasteiger partial charge in [-0.2, -0.15) is 0 Å². The van der Waals surface area contributed by atoms with Gasteiger partial charge in [0, 0.05) is 0 Å². The van der Waals surface area contributed by atoms with Gasteiger partial charge < -0.3 is 65.7 Å². The molecule has 1 fully saturated rings. The zero-order chi connectivity index (χ0) is 18.6. The molecule has 1 saturated heterocycles. The molecule has 0 aliphatic carbocycles. The van der Waals surface area contributed by atoms with Crippen molar-refractivity contribution in [1.82, 2.24) is 0 Å². The fourth-order valence-corrected chi connectivity index (χ4v) is 2.16. The molecule has 0 aromatic heterocycles. The van der Waals surface area contributed by atoms with Crippen LogP contribution in [-0.4, -0.2) is 158 Å². The molecule has 13 nitrogen and oxygen atoms in total. The molecule has 0 radical (unpaired) electrons. The van der Waals surface area contributed by atoms with Gasteiger partial charge in [0.15, 0.2) is 6.29 Å². The number of carboxylic acid groups (broad SMARTS) is 1. The van der Waals surface area contributed by atoms with E-state index >= 15 is 0 Å². The standard InChI is InChI=1S/C12H22O12.Ca.H2O/c13-1-3(15)10(7(18)8(19)11(21)22)24-12-9(20)6(17)5(16)4(2-14)23-12;;/h3-10,12-20H,1-2H2,(H,21,22);;1H2/q;+2;/p-1. The van der Waals surface area contributed by atoms with Crippen molar-refractivity contribution in [3.8, 4) is 0 Å². The Morgan fingerprint density at radius 2 is 1.62 bits per heavy atom. The van der Waals surface area contributed by atoms with Crippen molar-refractivity contribution in [2.45, 2.75) is 55.1 Å². The predicted molar refractivity (Wildman–Crippen MR) is 78.1 cm³/mol. The third kappa shape index (κ3) is 6.72. The average molecular weight is 415 g/mol. The first-order valence-electron chi connectivity index (χ1n) is 6.97. The monoisotopic (exact) mass is 415 g/mol. The second kappa shape index (κ2) is 12.7. The minimum atomic E-state index is -2.50. The van der Waals surface area contributed by atoms with E-state index in [2.05, 4.69) is 0 Å². The number of aliphatic hydroxyl groups is 8. The molecule has 150 valence electrons. The predicted octanol–water partition coefficient (Wildman–Crippen LogP) is -8.21. The maximum atomic E-state index is 10.6. The number of aliphatic carboxylic acids is 1. The van der Waals surface area contributed by atoms with Crippen LogP contribution in [0.25, 0.3) is 0 Å². The molecule has 0 saturated carbocycles. The van der Waals surface area contributed by atoms with Crippen molar-refractivity contribution < 1.29 is 65.7 Å². The summed E-state index contributed by atoms with van der Waals surface area (Å²) >= 11 is 0. The second-order valence-electron chi connectivity index (χ2n) is 5.30. The largest absolute Gasteiger partial charge is 2.00 e. The zero-order valence-corrected chi connectivity index (χ0v) is 15.7. The Morgan fingerprint density at radius 1 is 1.08 bits per heavy atom. The summed E-state index contributed by atoms with van der Waals surface area (Å²) in [6.07, 6.45) is -17.3. The van der Waals surface area contributed by atoms with E-state index in [-0.39, 0.29) is 43.2 Å². The first kappa shape index (κ1) is 28.5. The van der Waals surface area contributed by atoms with Crippen LogP contribution < -0.4 is 5.11 Å². The quantitative estimate of drug-likeness (QED) is 0.172. The Kier molecular flexibility index (Phi) is 13.9. The minimum Gasteiger partial charge on any atom is -0.547 e. The molecule has 0 spiro atoms. The Hall–Kier alpha value is 0.290. The normalized spacial score (nSPS) is 33.2. The van der Waals surface area contributed by atoms with Gasteiger partial charge in [0.1, 0.15) is 48.8 Å². The van der Waals surface area contributed by atoms with E-state index in [1.54, 1.807) is 0 Å². The zero-order valence-electron chi connectivity index (χ0n) is 13.5. The smallest absolute Gasteiger partial charge is 0.547 e. The fraction of sp³-hybridized carbons (Fsp3) is 0.917. The number of rotatable bonds is 8. The molecule has 1 aliphatic heterocycles. The van der Waals surface area contributed by atoms with Gasteiger partial charge in [-0.1, -0.05) is 0 Å². The maximum Gasteiger partial charge on any atom is 2.00 e. The van der Waals surface area contributed by atoms with Gasteiger partial charge in [-0.25, -0.2) is 0 Å². The van der Waals surface area contributed by atoms with Crippen LogP contribution >= 0.6 is 0 Å². The average Bonchev–Trinajstić information content (AvgIpc) is 2.57. The number of ether oxygens (including phenoxy) is 2. The Morgan fingerprint density at radius 3 is 2.04 bits per heavy atom. The van der Waals surface area contributed by atoms with Gasteiger partial charge in [-0.3, -0.25) is 0 Å². The van der Waals surface area contributed by atoms with Crippen molar-refractivity contribution >= 4 is 43.7 Å². The summed E-state index contributed by atoms with van der Waals surface area (Å²) in [6.45, 7) is -1.79. The first-order valence-corrected chi connectivity index (χ1v) is 6.97. The van der Waals surface area contributed by atoms with Gasteiger partial charge in [0.2, 0.25) is 0 Å². The summed E-state index contributed by atoms with van der Waals surface area (Å²) in [4.78, 5) is 10.6. The molecule has 0 bridgehead atoms. The molecule has 14 heteroatoms. The Balaban J connectivity index is 0. The molecule has 0 aromatic carbocycles. The summed E-state index contributed by atoms with van der Waals surface area (Å²) in [5.41, 5.74) is 0. The molecule has 9 unspecified atom stereocenters. The molecule has 26 heavy (non-hydrogen) atoms. The Labute approximate surface area is 177 Å². The molecule has 10 N–H and O–H groups in total. The summed E-state index contributed by atoms with van der Waals surface area (Å²) in [5, 5.41) is 86.3. The molecule has 1 rings (SSSR count). The number of carbonyl (C=O) groups excluding carboxylic acids is 1. The van der Waals surface area contributed by atoms with E-state index in [9.17, 15) is 40.5 Å². The van der Waals surface area contributed by atoms with Crippen LogP contribution in [0, 0.1) is 0 Å². The van der Waals surface area contributed by atoms with Gasteiger partial charge >= 0.3 is 37.7 Å². The third-order valence-corrected chi connectivity index (χ3v) is 3.61. The van der Waals surface area contributed by atoms with Crippen LogP contribution in [0.1, 0.15) is 0 Å². The first-order chi connectivity index (χ1) is 11.1. The molecule has 0 aromatic rings. The number of carboxylic acids is 1. The van der Waals surface area contributed by atoms with Crippen LogP contribution in [0.15, 0.2) is 0 Å². The molecular weight excluding hydrogens is 392 g/mol. The number of aliphatic hydroxyl groups excluding tert-OH is 8. The minimum absolute atomic E-state index is 0. The van der Waals surface area contributed by atoms with E-state index in [0.717, 1.165) is 0 Å². The van der Waals surface area contributed by atoms with Gasteiger partial charge in [0.25, 0.3) is 0 Å². The van der Waals surface area contributed by atoms with Crippen molar-refractivity contribution in [3.05, 3.63) is 0 Å². The van der Waals surface area contributed by atoms with Crippen LogP contribution in [-0.2, 0) is 14.3 Å². The fourth-order valence-electron chi connectivity index (χ4n) is 2.16. The van der Waals surface area contributed by atoms with E-state index in [1.165, 1.54) is 0 Å². The Bertz CT molecular complexity index is 411.